The largest absolute Gasteiger partial charge is 0.377 e. The number of hydrogen-bond donors (Lipinski definition) is 2. The van der Waals surface area contributed by atoms with Gasteiger partial charge in [0.1, 0.15) is 6.54 Å². The topological polar surface area (TPSA) is 69.2 Å². The van der Waals surface area contributed by atoms with Crippen molar-refractivity contribution in [3.63, 3.8) is 0 Å². The lowest BCUT2D eigenvalue weighted by molar-refractivity contribution is -0.127. The molecule has 2 aliphatic rings. The SMILES string of the molecule is CC(C)OCCN1CCC(NC(=NCC(=O)N(C)C)NC2CCCCC2C)CC1. The number of hydrogen-bond acceptors (Lipinski definition) is 4. The Morgan fingerprint density at radius 3 is 2.45 bits per heavy atom. The van der Waals surface area contributed by atoms with Gasteiger partial charge in [-0.2, -0.15) is 0 Å². The lowest BCUT2D eigenvalue weighted by Gasteiger charge is -2.35. The third-order valence-corrected chi connectivity index (χ3v) is 6.09. The van der Waals surface area contributed by atoms with E-state index in [1.807, 2.05) is 0 Å². The molecular formula is C22H43N5O2. The van der Waals surface area contributed by atoms with Crippen LogP contribution in [0.4, 0.5) is 0 Å². The summed E-state index contributed by atoms with van der Waals surface area (Å²) in [5.74, 6) is 1.48. The maximum Gasteiger partial charge on any atom is 0.243 e. The van der Waals surface area contributed by atoms with Gasteiger partial charge in [0.15, 0.2) is 5.96 Å². The van der Waals surface area contributed by atoms with E-state index in [1.54, 1.807) is 19.0 Å². The molecule has 2 rings (SSSR count). The fourth-order valence-electron chi connectivity index (χ4n) is 4.04. The van der Waals surface area contributed by atoms with Crippen LogP contribution in [0.3, 0.4) is 0 Å². The van der Waals surface area contributed by atoms with Crippen LogP contribution in [0.1, 0.15) is 59.3 Å². The number of guanidine groups is 1. The second kappa shape index (κ2) is 12.4. The molecule has 1 saturated heterocycles. The lowest BCUT2D eigenvalue weighted by Crippen LogP contribution is -2.53. The molecule has 2 atom stereocenters. The molecule has 2 unspecified atom stereocenters. The smallest absolute Gasteiger partial charge is 0.243 e. The number of amides is 1. The molecule has 0 bridgehead atoms. The third-order valence-electron chi connectivity index (χ3n) is 6.09. The van der Waals surface area contributed by atoms with Crippen LogP contribution in [-0.4, -0.2) is 86.7 Å². The van der Waals surface area contributed by atoms with Crippen molar-refractivity contribution in [3.05, 3.63) is 0 Å². The summed E-state index contributed by atoms with van der Waals surface area (Å²) >= 11 is 0. The van der Waals surface area contributed by atoms with Crippen molar-refractivity contribution >= 4 is 11.9 Å². The molecule has 2 N–H and O–H groups in total. The van der Waals surface area contributed by atoms with Crippen molar-refractivity contribution in [2.45, 2.75) is 77.5 Å². The van der Waals surface area contributed by atoms with Gasteiger partial charge < -0.3 is 25.2 Å². The van der Waals surface area contributed by atoms with Crippen LogP contribution in [0.25, 0.3) is 0 Å². The van der Waals surface area contributed by atoms with Gasteiger partial charge in [-0.3, -0.25) is 4.79 Å². The molecule has 2 fully saturated rings. The molecule has 1 saturated carbocycles. The summed E-state index contributed by atoms with van der Waals surface area (Å²) in [6, 6.07) is 0.842. The zero-order chi connectivity index (χ0) is 21.2. The van der Waals surface area contributed by atoms with Gasteiger partial charge in [-0.05, 0) is 45.4 Å². The summed E-state index contributed by atoms with van der Waals surface area (Å²) in [5, 5.41) is 7.26. The van der Waals surface area contributed by atoms with Crippen LogP contribution in [0.2, 0.25) is 0 Å². The van der Waals surface area contributed by atoms with E-state index in [0.29, 0.717) is 24.1 Å². The molecule has 7 nitrogen and oxygen atoms in total. The van der Waals surface area contributed by atoms with Gasteiger partial charge in [0.25, 0.3) is 0 Å². The Kier molecular flexibility index (Phi) is 10.2. The fraction of sp³-hybridized carbons (Fsp3) is 0.909. The van der Waals surface area contributed by atoms with Crippen molar-refractivity contribution in [1.29, 1.82) is 0 Å². The summed E-state index contributed by atoms with van der Waals surface area (Å²) in [4.78, 5) is 20.7. The first kappa shape index (κ1) is 23.9. The number of carbonyl (C=O) groups is 1. The number of aliphatic imine (C=N–C) groups is 1. The first-order valence-corrected chi connectivity index (χ1v) is 11.5. The average Bonchev–Trinajstić information content (AvgIpc) is 2.68. The molecule has 168 valence electrons. The summed E-state index contributed by atoms with van der Waals surface area (Å²) in [7, 11) is 3.56. The Balaban J connectivity index is 1.86. The highest BCUT2D eigenvalue weighted by atomic mass is 16.5. The van der Waals surface area contributed by atoms with Crippen molar-refractivity contribution in [3.8, 4) is 0 Å². The van der Waals surface area contributed by atoms with Gasteiger partial charge in [0.05, 0.1) is 12.7 Å². The van der Waals surface area contributed by atoms with Gasteiger partial charge in [-0.15, -0.1) is 0 Å². The Morgan fingerprint density at radius 2 is 1.83 bits per heavy atom. The van der Waals surface area contributed by atoms with Crippen LogP contribution in [0, 0.1) is 5.92 Å². The molecule has 0 radical (unpaired) electrons. The van der Waals surface area contributed by atoms with Crippen LogP contribution in [0.5, 0.6) is 0 Å². The highest BCUT2D eigenvalue weighted by Crippen LogP contribution is 2.23. The fourth-order valence-corrected chi connectivity index (χ4v) is 4.04. The maximum absolute atomic E-state index is 12.0. The molecule has 0 aromatic rings. The van der Waals surface area contributed by atoms with Gasteiger partial charge in [-0.1, -0.05) is 19.8 Å². The van der Waals surface area contributed by atoms with E-state index >= 15 is 0 Å². The van der Waals surface area contributed by atoms with Crippen molar-refractivity contribution in [2.24, 2.45) is 10.9 Å². The molecule has 7 heteroatoms. The van der Waals surface area contributed by atoms with E-state index in [1.165, 1.54) is 25.7 Å². The molecule has 1 aliphatic heterocycles. The van der Waals surface area contributed by atoms with Crippen molar-refractivity contribution in [1.82, 2.24) is 20.4 Å². The molecule has 0 aromatic carbocycles. The second-order valence-electron chi connectivity index (χ2n) is 9.15. The van der Waals surface area contributed by atoms with Crippen molar-refractivity contribution < 1.29 is 9.53 Å². The predicted molar refractivity (Wildman–Crippen MR) is 119 cm³/mol. The molecule has 29 heavy (non-hydrogen) atoms. The number of carbonyl (C=O) groups excluding carboxylic acids is 1. The van der Waals surface area contributed by atoms with E-state index in [2.05, 4.69) is 41.3 Å². The molecule has 1 amide bonds. The Labute approximate surface area is 177 Å². The number of nitrogens with zero attached hydrogens (tertiary/aromatic N) is 3. The van der Waals surface area contributed by atoms with E-state index in [0.717, 1.165) is 45.0 Å². The Bertz CT molecular complexity index is 515. The summed E-state index contributed by atoms with van der Waals surface area (Å²) in [5.41, 5.74) is 0. The maximum atomic E-state index is 12.0. The molecule has 1 aliphatic carbocycles. The van der Waals surface area contributed by atoms with Crippen LogP contribution >= 0.6 is 0 Å². The van der Waals surface area contributed by atoms with Crippen LogP contribution in [-0.2, 0) is 9.53 Å². The summed E-state index contributed by atoms with van der Waals surface area (Å²) in [6.45, 7) is 10.6. The molecule has 1 heterocycles. The highest BCUT2D eigenvalue weighted by molar-refractivity contribution is 5.85. The monoisotopic (exact) mass is 409 g/mol. The lowest BCUT2D eigenvalue weighted by atomic mass is 9.86. The van der Waals surface area contributed by atoms with Crippen LogP contribution < -0.4 is 10.6 Å². The zero-order valence-corrected chi connectivity index (χ0v) is 19.2. The van der Waals surface area contributed by atoms with Gasteiger partial charge in [-0.25, -0.2) is 4.99 Å². The number of piperidine rings is 1. The van der Waals surface area contributed by atoms with E-state index in [-0.39, 0.29) is 12.5 Å². The number of likely N-dealkylation sites (N-methyl/N-ethyl adjacent to an activating group) is 1. The van der Waals surface area contributed by atoms with Crippen LogP contribution in [0.15, 0.2) is 4.99 Å². The van der Waals surface area contributed by atoms with E-state index in [9.17, 15) is 4.79 Å². The molecular weight excluding hydrogens is 366 g/mol. The average molecular weight is 410 g/mol. The van der Waals surface area contributed by atoms with E-state index in [4.69, 9.17) is 4.74 Å². The number of ether oxygens (including phenoxy) is 1. The summed E-state index contributed by atoms with van der Waals surface area (Å²) in [6.07, 6.45) is 7.50. The second-order valence-corrected chi connectivity index (χ2v) is 9.15. The van der Waals surface area contributed by atoms with Gasteiger partial charge in [0, 0.05) is 45.8 Å². The minimum atomic E-state index is 0.0303. The first-order chi connectivity index (χ1) is 13.8. The third kappa shape index (κ3) is 8.91. The van der Waals surface area contributed by atoms with Gasteiger partial charge in [0.2, 0.25) is 5.91 Å². The minimum absolute atomic E-state index is 0.0303. The quantitative estimate of drug-likeness (QED) is 0.474. The van der Waals surface area contributed by atoms with E-state index < -0.39 is 0 Å². The normalized spacial score (nSPS) is 24.6. The number of rotatable bonds is 8. The molecule has 0 spiro atoms. The summed E-state index contributed by atoms with van der Waals surface area (Å²) < 4.78 is 5.68. The first-order valence-electron chi connectivity index (χ1n) is 11.5. The molecule has 0 aromatic heterocycles. The highest BCUT2D eigenvalue weighted by Gasteiger charge is 2.25. The Morgan fingerprint density at radius 1 is 1.14 bits per heavy atom. The minimum Gasteiger partial charge on any atom is -0.377 e. The van der Waals surface area contributed by atoms with Gasteiger partial charge >= 0.3 is 0 Å². The number of nitrogens with one attached hydrogen (secondary N) is 2. The van der Waals surface area contributed by atoms with Crippen molar-refractivity contribution in [2.75, 3.05) is 46.9 Å². The standard InChI is InChI=1S/C22H43N5O2/c1-17(2)29-15-14-27-12-10-19(11-13-27)24-22(23-16-21(28)26(4)5)25-20-9-7-6-8-18(20)3/h17-20H,6-16H2,1-5H3,(H2,23,24,25). The number of likely N-dealkylation sites (tertiary alicyclic amines) is 1. The predicted octanol–water partition coefficient (Wildman–Crippen LogP) is 2.08. The zero-order valence-electron chi connectivity index (χ0n) is 19.2. The Hall–Kier alpha value is -1.34.